The summed E-state index contributed by atoms with van der Waals surface area (Å²) >= 11 is 0. The van der Waals surface area contributed by atoms with Crippen LogP contribution in [0.25, 0.3) is 0 Å². The van der Waals surface area contributed by atoms with Crippen molar-refractivity contribution in [3.63, 3.8) is 0 Å². The fourth-order valence-electron chi connectivity index (χ4n) is 2.28. The van der Waals surface area contributed by atoms with Gasteiger partial charge in [0, 0.05) is 29.8 Å². The summed E-state index contributed by atoms with van der Waals surface area (Å²) in [6.07, 6.45) is 4.60. The molecule has 3 aromatic rings. The van der Waals surface area contributed by atoms with Crippen molar-refractivity contribution >= 4 is 11.6 Å². The van der Waals surface area contributed by atoms with Crippen LogP contribution < -0.4 is 10.9 Å². The summed E-state index contributed by atoms with van der Waals surface area (Å²) in [7, 11) is 0. The molecule has 0 spiro atoms. The van der Waals surface area contributed by atoms with Crippen LogP contribution in [-0.4, -0.2) is 15.5 Å². The van der Waals surface area contributed by atoms with Crippen molar-refractivity contribution in [1.82, 2.24) is 9.55 Å². The second-order valence-corrected chi connectivity index (χ2v) is 5.14. The molecule has 1 aromatic carbocycles. The Balaban J connectivity index is 1.87. The van der Waals surface area contributed by atoms with Gasteiger partial charge in [0.15, 0.2) is 0 Å². The summed E-state index contributed by atoms with van der Waals surface area (Å²) in [5, 5.41) is 2.64. The lowest BCUT2D eigenvalue weighted by Crippen LogP contribution is -2.29. The van der Waals surface area contributed by atoms with Crippen molar-refractivity contribution < 1.29 is 9.18 Å². The maximum absolute atomic E-state index is 13.8. The smallest absolute Gasteiger partial charge is 0.263 e. The number of nitrogens with zero attached hydrogens (tertiary/aromatic N) is 2. The van der Waals surface area contributed by atoms with E-state index in [0.717, 1.165) is 0 Å². The monoisotopic (exact) mass is 323 g/mol. The van der Waals surface area contributed by atoms with Gasteiger partial charge in [-0.3, -0.25) is 14.6 Å². The number of rotatable bonds is 4. The van der Waals surface area contributed by atoms with Crippen molar-refractivity contribution in [2.45, 2.75) is 6.54 Å². The Morgan fingerprint density at radius 2 is 1.83 bits per heavy atom. The molecule has 0 bridgehead atoms. The Labute approximate surface area is 137 Å². The quantitative estimate of drug-likeness (QED) is 0.803. The third kappa shape index (κ3) is 3.38. The zero-order valence-corrected chi connectivity index (χ0v) is 12.6. The molecule has 0 aliphatic carbocycles. The second kappa shape index (κ2) is 6.87. The number of benzene rings is 1. The number of aromatic nitrogens is 2. The number of amides is 1. The zero-order chi connectivity index (χ0) is 16.9. The highest BCUT2D eigenvalue weighted by Gasteiger charge is 2.13. The molecule has 2 aromatic heterocycles. The standard InChI is InChI=1S/C18H14FN3O2/c19-16-6-2-1-4-13(16)12-22-11-3-5-15(18(22)24)17(23)21-14-7-9-20-10-8-14/h1-11H,12H2,(H,20,21,23). The highest BCUT2D eigenvalue weighted by molar-refractivity contribution is 6.03. The van der Waals surface area contributed by atoms with Crippen molar-refractivity contribution in [2.75, 3.05) is 5.32 Å². The number of nitrogens with one attached hydrogen (secondary N) is 1. The third-order valence-electron chi connectivity index (χ3n) is 3.50. The van der Waals surface area contributed by atoms with Crippen LogP contribution in [0.15, 0.2) is 71.9 Å². The van der Waals surface area contributed by atoms with Crippen molar-refractivity contribution in [3.05, 3.63) is 94.4 Å². The first kappa shape index (κ1) is 15.6. The molecule has 0 unspecified atom stereocenters. The fourth-order valence-corrected chi connectivity index (χ4v) is 2.28. The van der Waals surface area contributed by atoms with E-state index in [9.17, 15) is 14.0 Å². The molecule has 0 aliphatic rings. The lowest BCUT2D eigenvalue weighted by Gasteiger charge is -2.09. The normalized spacial score (nSPS) is 10.4. The number of pyridine rings is 2. The molecule has 24 heavy (non-hydrogen) atoms. The molecule has 0 radical (unpaired) electrons. The number of halogens is 1. The van der Waals surface area contributed by atoms with E-state index in [2.05, 4.69) is 10.3 Å². The van der Waals surface area contributed by atoms with Gasteiger partial charge in [-0.1, -0.05) is 18.2 Å². The Morgan fingerprint density at radius 3 is 2.58 bits per heavy atom. The summed E-state index contributed by atoms with van der Waals surface area (Å²) in [6.45, 7) is 0.0574. The number of carbonyl (C=O) groups is 1. The van der Waals surface area contributed by atoms with E-state index in [1.165, 1.54) is 35.3 Å². The molecule has 0 atom stereocenters. The number of hydrogen-bond acceptors (Lipinski definition) is 3. The zero-order valence-electron chi connectivity index (χ0n) is 12.6. The molecular formula is C18H14FN3O2. The second-order valence-electron chi connectivity index (χ2n) is 5.14. The lowest BCUT2D eigenvalue weighted by atomic mass is 10.2. The molecule has 1 N–H and O–H groups in total. The van der Waals surface area contributed by atoms with E-state index in [1.807, 2.05) is 0 Å². The van der Waals surface area contributed by atoms with Gasteiger partial charge in [-0.15, -0.1) is 0 Å². The van der Waals surface area contributed by atoms with E-state index in [4.69, 9.17) is 0 Å². The van der Waals surface area contributed by atoms with Gasteiger partial charge in [0.25, 0.3) is 11.5 Å². The highest BCUT2D eigenvalue weighted by atomic mass is 19.1. The molecule has 6 heteroatoms. The molecule has 2 heterocycles. The van der Waals surface area contributed by atoms with Crippen LogP contribution >= 0.6 is 0 Å². The van der Waals surface area contributed by atoms with Gasteiger partial charge in [-0.05, 0) is 30.3 Å². The SMILES string of the molecule is O=C(Nc1ccncc1)c1cccn(Cc2ccccc2F)c1=O. The Hall–Kier alpha value is -3.28. The van der Waals surface area contributed by atoms with Gasteiger partial charge in [-0.2, -0.15) is 0 Å². The van der Waals surface area contributed by atoms with E-state index >= 15 is 0 Å². The molecule has 0 aliphatic heterocycles. The van der Waals surface area contributed by atoms with Crippen molar-refractivity contribution in [3.8, 4) is 0 Å². The minimum atomic E-state index is -0.519. The molecule has 0 saturated carbocycles. The summed E-state index contributed by atoms with van der Waals surface area (Å²) in [5.41, 5.74) is 0.433. The highest BCUT2D eigenvalue weighted by Crippen LogP contribution is 2.09. The van der Waals surface area contributed by atoms with Crippen LogP contribution in [0.3, 0.4) is 0 Å². The Bertz CT molecular complexity index is 923. The largest absolute Gasteiger partial charge is 0.322 e. The molecule has 3 rings (SSSR count). The minimum Gasteiger partial charge on any atom is -0.322 e. The van der Waals surface area contributed by atoms with Gasteiger partial charge >= 0.3 is 0 Å². The molecule has 0 fully saturated rings. The maximum Gasteiger partial charge on any atom is 0.263 e. The summed E-state index contributed by atoms with van der Waals surface area (Å²) in [5.74, 6) is -0.912. The first-order valence-corrected chi connectivity index (χ1v) is 7.29. The van der Waals surface area contributed by atoms with Crippen molar-refractivity contribution in [2.24, 2.45) is 0 Å². The van der Waals surface area contributed by atoms with E-state index in [1.54, 1.807) is 36.4 Å². The predicted molar refractivity (Wildman–Crippen MR) is 88.4 cm³/mol. The molecule has 120 valence electrons. The van der Waals surface area contributed by atoms with Crippen molar-refractivity contribution in [1.29, 1.82) is 0 Å². The van der Waals surface area contributed by atoms with Gasteiger partial charge in [0.05, 0.1) is 6.54 Å². The third-order valence-corrected chi connectivity index (χ3v) is 3.50. The molecule has 0 saturated heterocycles. The van der Waals surface area contributed by atoms with Crippen LogP contribution in [0.4, 0.5) is 10.1 Å². The van der Waals surface area contributed by atoms with Crippen LogP contribution in [0.5, 0.6) is 0 Å². The van der Waals surface area contributed by atoms with E-state index in [0.29, 0.717) is 11.3 Å². The number of hydrogen-bond donors (Lipinski definition) is 1. The average molecular weight is 323 g/mol. The maximum atomic E-state index is 13.8. The van der Waals surface area contributed by atoms with Gasteiger partial charge in [0.1, 0.15) is 11.4 Å². The Morgan fingerprint density at radius 1 is 1.08 bits per heavy atom. The van der Waals surface area contributed by atoms with E-state index in [-0.39, 0.29) is 12.1 Å². The molecular weight excluding hydrogens is 309 g/mol. The molecule has 1 amide bonds. The van der Waals surface area contributed by atoms with Crippen LogP contribution in [0.1, 0.15) is 15.9 Å². The van der Waals surface area contributed by atoms with Crippen LogP contribution in [0.2, 0.25) is 0 Å². The average Bonchev–Trinajstić information content (AvgIpc) is 2.59. The topological polar surface area (TPSA) is 64.0 Å². The summed E-state index contributed by atoms with van der Waals surface area (Å²) < 4.78 is 15.1. The van der Waals surface area contributed by atoms with Gasteiger partial charge in [-0.25, -0.2) is 4.39 Å². The van der Waals surface area contributed by atoms with Gasteiger partial charge in [0.2, 0.25) is 0 Å². The summed E-state index contributed by atoms with van der Waals surface area (Å²) in [6, 6.07) is 12.5. The number of carbonyl (C=O) groups excluding carboxylic acids is 1. The van der Waals surface area contributed by atoms with Gasteiger partial charge < -0.3 is 9.88 Å². The number of anilines is 1. The van der Waals surface area contributed by atoms with E-state index < -0.39 is 17.3 Å². The minimum absolute atomic E-state index is 0.00866. The Kier molecular flexibility index (Phi) is 4.47. The predicted octanol–water partition coefficient (Wildman–Crippen LogP) is 2.68. The van der Waals surface area contributed by atoms with Crippen LogP contribution in [0, 0.1) is 5.82 Å². The van der Waals surface area contributed by atoms with Crippen LogP contribution in [-0.2, 0) is 6.54 Å². The fraction of sp³-hybridized carbons (Fsp3) is 0.0556. The first-order chi connectivity index (χ1) is 11.6. The first-order valence-electron chi connectivity index (χ1n) is 7.29. The lowest BCUT2D eigenvalue weighted by molar-refractivity contribution is 0.102. The molecule has 5 nitrogen and oxygen atoms in total. The summed E-state index contributed by atoms with van der Waals surface area (Å²) in [4.78, 5) is 28.6.